The number of likely N-dealkylation sites (tertiary alicyclic amines) is 1. The first kappa shape index (κ1) is 20.1. The molecule has 4 rings (SSSR count). The molecular formula is C22H19BrClNO4. The Balaban J connectivity index is 1.81. The zero-order valence-electron chi connectivity index (χ0n) is 15.5. The van der Waals surface area contributed by atoms with Crippen molar-refractivity contribution in [3.05, 3.63) is 74.7 Å². The van der Waals surface area contributed by atoms with Crippen molar-refractivity contribution < 1.29 is 19.4 Å². The van der Waals surface area contributed by atoms with E-state index in [0.717, 1.165) is 22.9 Å². The van der Waals surface area contributed by atoms with E-state index in [0.29, 0.717) is 23.7 Å². The first-order valence-corrected chi connectivity index (χ1v) is 10.5. The third kappa shape index (κ3) is 3.97. The monoisotopic (exact) mass is 475 g/mol. The van der Waals surface area contributed by atoms with Crippen LogP contribution in [0.3, 0.4) is 0 Å². The van der Waals surface area contributed by atoms with Gasteiger partial charge in [0.15, 0.2) is 0 Å². The molecule has 0 bridgehead atoms. The van der Waals surface area contributed by atoms with E-state index in [-0.39, 0.29) is 17.4 Å². The molecule has 0 unspecified atom stereocenters. The van der Waals surface area contributed by atoms with Crippen LogP contribution in [0.5, 0.6) is 0 Å². The fraction of sp³-hybridized carbons (Fsp3) is 0.273. The number of halogens is 2. The Morgan fingerprint density at radius 3 is 2.45 bits per heavy atom. The Labute approximate surface area is 182 Å². The van der Waals surface area contributed by atoms with Gasteiger partial charge in [0, 0.05) is 28.2 Å². The van der Waals surface area contributed by atoms with Gasteiger partial charge >= 0.3 is 0 Å². The molecule has 2 aromatic carbocycles. The normalized spacial score (nSPS) is 23.7. The maximum atomic E-state index is 12.9. The first-order chi connectivity index (χ1) is 14.0. The lowest BCUT2D eigenvalue weighted by Crippen LogP contribution is -2.36. The van der Waals surface area contributed by atoms with Gasteiger partial charge in [0.2, 0.25) is 0 Å². The van der Waals surface area contributed by atoms with Gasteiger partial charge in [-0.3, -0.25) is 9.59 Å². The minimum Gasteiger partial charge on any atom is -0.507 e. The molecule has 2 fully saturated rings. The molecule has 0 spiro atoms. The summed E-state index contributed by atoms with van der Waals surface area (Å²) in [6.07, 6.45) is 1.66. The smallest absolute Gasteiger partial charge is 0.295 e. The van der Waals surface area contributed by atoms with E-state index in [1.54, 1.807) is 24.3 Å². The second kappa shape index (κ2) is 8.30. The number of carbonyl (C=O) groups excluding carboxylic acids is 2. The molecule has 150 valence electrons. The van der Waals surface area contributed by atoms with Crippen molar-refractivity contribution in [3.63, 3.8) is 0 Å². The van der Waals surface area contributed by atoms with Gasteiger partial charge in [-0.25, -0.2) is 0 Å². The topological polar surface area (TPSA) is 66.8 Å². The SMILES string of the molecule is O=C1C(=O)N(C[C@@H]2CCCO2)[C@@H](c2ccc(Br)cc2)/C1=C(\O)c1ccc(Cl)cc1. The van der Waals surface area contributed by atoms with Crippen molar-refractivity contribution in [2.24, 2.45) is 0 Å². The summed E-state index contributed by atoms with van der Waals surface area (Å²) in [5.74, 6) is -1.52. The molecule has 2 aliphatic heterocycles. The highest BCUT2D eigenvalue weighted by Gasteiger charge is 2.47. The lowest BCUT2D eigenvalue weighted by molar-refractivity contribution is -0.140. The van der Waals surface area contributed by atoms with Crippen LogP contribution in [-0.2, 0) is 14.3 Å². The molecule has 29 heavy (non-hydrogen) atoms. The lowest BCUT2D eigenvalue weighted by Gasteiger charge is -2.27. The van der Waals surface area contributed by atoms with Crippen molar-refractivity contribution in [1.29, 1.82) is 0 Å². The quantitative estimate of drug-likeness (QED) is 0.394. The molecule has 1 amide bonds. The van der Waals surface area contributed by atoms with Crippen LogP contribution in [0.1, 0.15) is 30.0 Å². The van der Waals surface area contributed by atoms with E-state index >= 15 is 0 Å². The van der Waals surface area contributed by atoms with Gasteiger partial charge in [-0.1, -0.05) is 39.7 Å². The second-order valence-corrected chi connectivity index (χ2v) is 8.50. The molecule has 2 saturated heterocycles. The maximum Gasteiger partial charge on any atom is 0.295 e. The van der Waals surface area contributed by atoms with E-state index in [1.165, 1.54) is 4.90 Å². The molecule has 0 radical (unpaired) electrons. The molecule has 2 heterocycles. The molecule has 7 heteroatoms. The van der Waals surface area contributed by atoms with E-state index in [2.05, 4.69) is 15.9 Å². The Hall–Kier alpha value is -2.15. The maximum absolute atomic E-state index is 12.9. The van der Waals surface area contributed by atoms with Crippen molar-refractivity contribution >= 4 is 45.0 Å². The summed E-state index contributed by atoms with van der Waals surface area (Å²) < 4.78 is 6.57. The van der Waals surface area contributed by atoms with Crippen LogP contribution < -0.4 is 0 Å². The minimum atomic E-state index is -0.691. The summed E-state index contributed by atoms with van der Waals surface area (Å²) in [6, 6.07) is 13.2. The van der Waals surface area contributed by atoms with Crippen LogP contribution in [-0.4, -0.2) is 41.0 Å². The summed E-state index contributed by atoms with van der Waals surface area (Å²) in [7, 11) is 0. The molecule has 0 aliphatic carbocycles. The fourth-order valence-electron chi connectivity index (χ4n) is 3.83. The highest BCUT2D eigenvalue weighted by atomic mass is 79.9. The predicted molar refractivity (Wildman–Crippen MR) is 114 cm³/mol. The average Bonchev–Trinajstić information content (AvgIpc) is 3.31. The third-order valence-electron chi connectivity index (χ3n) is 5.27. The van der Waals surface area contributed by atoms with Crippen molar-refractivity contribution in [3.8, 4) is 0 Å². The number of aliphatic hydroxyl groups is 1. The molecule has 1 N–H and O–H groups in total. The zero-order chi connectivity index (χ0) is 20.5. The Kier molecular flexibility index (Phi) is 5.76. The fourth-order valence-corrected chi connectivity index (χ4v) is 4.22. The Morgan fingerprint density at radius 1 is 1.14 bits per heavy atom. The number of amides is 1. The third-order valence-corrected chi connectivity index (χ3v) is 6.05. The van der Waals surface area contributed by atoms with Gasteiger partial charge in [0.1, 0.15) is 5.76 Å². The Bertz CT molecular complexity index is 965. The van der Waals surface area contributed by atoms with Crippen LogP contribution in [0.25, 0.3) is 5.76 Å². The predicted octanol–water partition coefficient (Wildman–Crippen LogP) is 4.70. The van der Waals surface area contributed by atoms with E-state index in [4.69, 9.17) is 16.3 Å². The number of ketones is 1. The number of benzene rings is 2. The highest BCUT2D eigenvalue weighted by molar-refractivity contribution is 9.10. The summed E-state index contributed by atoms with van der Waals surface area (Å²) in [5, 5.41) is 11.5. The van der Waals surface area contributed by atoms with Gasteiger partial charge in [-0.05, 0) is 54.8 Å². The molecule has 0 saturated carbocycles. The Morgan fingerprint density at radius 2 is 1.83 bits per heavy atom. The number of Topliss-reactive ketones (excluding diaryl/α,β-unsaturated/α-hetero) is 1. The van der Waals surface area contributed by atoms with Crippen LogP contribution in [0, 0.1) is 0 Å². The van der Waals surface area contributed by atoms with Gasteiger partial charge < -0.3 is 14.7 Å². The van der Waals surface area contributed by atoms with Crippen LogP contribution in [0.4, 0.5) is 0 Å². The molecule has 5 nitrogen and oxygen atoms in total. The zero-order valence-corrected chi connectivity index (χ0v) is 17.8. The molecular weight excluding hydrogens is 458 g/mol. The summed E-state index contributed by atoms with van der Waals surface area (Å²) in [6.45, 7) is 0.963. The number of hydrogen-bond donors (Lipinski definition) is 1. The molecule has 2 atom stereocenters. The molecule has 2 aliphatic rings. The van der Waals surface area contributed by atoms with E-state index in [9.17, 15) is 14.7 Å². The minimum absolute atomic E-state index is 0.0811. The summed E-state index contributed by atoms with van der Waals surface area (Å²) in [4.78, 5) is 27.3. The number of carbonyl (C=O) groups is 2. The summed E-state index contributed by atoms with van der Waals surface area (Å²) in [5.41, 5.74) is 1.27. The number of nitrogens with zero attached hydrogens (tertiary/aromatic N) is 1. The molecule has 0 aromatic heterocycles. The number of aliphatic hydroxyl groups excluding tert-OH is 1. The van der Waals surface area contributed by atoms with E-state index in [1.807, 2.05) is 24.3 Å². The highest BCUT2D eigenvalue weighted by Crippen LogP contribution is 2.40. The number of rotatable bonds is 4. The van der Waals surface area contributed by atoms with Gasteiger partial charge in [-0.2, -0.15) is 0 Å². The van der Waals surface area contributed by atoms with Crippen molar-refractivity contribution in [2.45, 2.75) is 25.0 Å². The number of hydrogen-bond acceptors (Lipinski definition) is 4. The van der Waals surface area contributed by atoms with Crippen molar-refractivity contribution in [1.82, 2.24) is 4.90 Å². The standard InChI is InChI=1S/C22H19BrClNO4/c23-15-7-3-13(4-8-15)19-18(20(26)14-5-9-16(24)10-6-14)21(27)22(28)25(19)12-17-2-1-11-29-17/h3-10,17,19,26H,1-2,11-12H2/b20-18+/t17-,19-/m0/s1. The van der Waals surface area contributed by atoms with Crippen LogP contribution in [0.2, 0.25) is 5.02 Å². The largest absolute Gasteiger partial charge is 0.507 e. The van der Waals surface area contributed by atoms with Gasteiger partial charge in [0.25, 0.3) is 11.7 Å². The van der Waals surface area contributed by atoms with E-state index < -0.39 is 17.7 Å². The molecule has 2 aromatic rings. The van der Waals surface area contributed by atoms with Crippen LogP contribution in [0.15, 0.2) is 58.6 Å². The number of ether oxygens (including phenoxy) is 1. The first-order valence-electron chi connectivity index (χ1n) is 9.37. The van der Waals surface area contributed by atoms with Crippen LogP contribution >= 0.6 is 27.5 Å². The second-order valence-electron chi connectivity index (χ2n) is 7.14. The van der Waals surface area contributed by atoms with Gasteiger partial charge in [-0.15, -0.1) is 0 Å². The summed E-state index contributed by atoms with van der Waals surface area (Å²) >= 11 is 9.35. The van der Waals surface area contributed by atoms with Gasteiger partial charge in [0.05, 0.1) is 17.7 Å². The van der Waals surface area contributed by atoms with Crippen molar-refractivity contribution in [2.75, 3.05) is 13.2 Å². The average molecular weight is 477 g/mol. The lowest BCUT2D eigenvalue weighted by atomic mass is 9.95.